The van der Waals surface area contributed by atoms with Gasteiger partial charge in [-0.15, -0.1) is 0 Å². The summed E-state index contributed by atoms with van der Waals surface area (Å²) < 4.78 is 4.71. The lowest BCUT2D eigenvalue weighted by molar-refractivity contribution is 1.06. The van der Waals surface area contributed by atoms with E-state index in [2.05, 4.69) is 149 Å². The normalized spacial score (nSPS) is 11.4. The molecule has 0 bridgehead atoms. The van der Waals surface area contributed by atoms with E-state index in [9.17, 15) is 5.26 Å². The Hall–Kier alpha value is -8.92. The predicted molar refractivity (Wildman–Crippen MR) is 260 cm³/mol. The average molecular weight is 817 g/mol. The van der Waals surface area contributed by atoms with Crippen LogP contribution in [0.25, 0.3) is 111 Å². The summed E-state index contributed by atoms with van der Waals surface area (Å²) in [5.41, 5.74) is 14.0. The number of fused-ring (bicyclic) bond motifs is 6. The maximum Gasteiger partial charge on any atom is 0.166 e. The summed E-state index contributed by atoms with van der Waals surface area (Å²) in [4.78, 5) is 15.7. The molecule has 0 saturated heterocycles. The molecule has 0 aliphatic rings. The lowest BCUT2D eigenvalue weighted by Crippen LogP contribution is -2.04. The number of para-hydroxylation sites is 3. The zero-order chi connectivity index (χ0) is 42.6. The summed E-state index contributed by atoms with van der Waals surface area (Å²) in [7, 11) is 0. The van der Waals surface area contributed by atoms with Gasteiger partial charge in [-0.2, -0.15) is 5.26 Å². The van der Waals surface area contributed by atoms with Crippen molar-refractivity contribution in [1.29, 1.82) is 5.26 Å². The fourth-order valence-corrected chi connectivity index (χ4v) is 9.17. The summed E-state index contributed by atoms with van der Waals surface area (Å²) >= 11 is 0. The third-order valence-electron chi connectivity index (χ3n) is 12.2. The van der Waals surface area contributed by atoms with Gasteiger partial charge in [-0.3, -0.25) is 0 Å². The maximum absolute atomic E-state index is 9.53. The van der Waals surface area contributed by atoms with Crippen molar-refractivity contribution in [3.05, 3.63) is 224 Å². The highest BCUT2D eigenvalue weighted by Crippen LogP contribution is 2.41. The second kappa shape index (κ2) is 15.2. The molecule has 0 atom stereocenters. The molecule has 0 N–H and O–H groups in total. The summed E-state index contributed by atoms with van der Waals surface area (Å²) in [5.74, 6) is 1.76. The van der Waals surface area contributed by atoms with Crippen molar-refractivity contribution in [3.8, 4) is 73.9 Å². The molecule has 0 aliphatic carbocycles. The van der Waals surface area contributed by atoms with E-state index in [1.807, 2.05) is 84.9 Å². The first-order valence-corrected chi connectivity index (χ1v) is 21.3. The summed E-state index contributed by atoms with van der Waals surface area (Å²) in [6.07, 6.45) is 0. The van der Waals surface area contributed by atoms with Crippen LogP contribution in [0.3, 0.4) is 0 Å². The van der Waals surface area contributed by atoms with Gasteiger partial charge >= 0.3 is 0 Å². The molecule has 0 radical (unpaired) electrons. The van der Waals surface area contributed by atoms with Crippen LogP contribution in [-0.4, -0.2) is 24.1 Å². The Balaban J connectivity index is 1.14. The Morgan fingerprint density at radius 3 is 1.36 bits per heavy atom. The Morgan fingerprint density at radius 2 is 0.766 bits per heavy atom. The van der Waals surface area contributed by atoms with E-state index in [-0.39, 0.29) is 0 Å². The van der Waals surface area contributed by atoms with E-state index >= 15 is 0 Å². The molecule has 64 heavy (non-hydrogen) atoms. The minimum absolute atomic E-state index is 0.568. The molecule has 0 saturated carbocycles. The van der Waals surface area contributed by atoms with E-state index in [1.54, 1.807) is 0 Å². The molecule has 0 aliphatic heterocycles. The SMILES string of the molecule is N#Cc1ccc(-c2ccc3c4ccccc4n(-c4ccc(-c5ccc6c7ccccc7n(-c7ccccc7)c6c5)cc4-c4nc(-c5ccccc5)nc(-c5ccccc5)n4)c3c2)cc1. The van der Waals surface area contributed by atoms with Crippen molar-refractivity contribution in [1.82, 2.24) is 24.1 Å². The third kappa shape index (κ3) is 6.22. The number of rotatable bonds is 7. The van der Waals surface area contributed by atoms with Gasteiger partial charge in [0.2, 0.25) is 0 Å². The molecule has 0 fully saturated rings. The van der Waals surface area contributed by atoms with Gasteiger partial charge in [-0.1, -0.05) is 158 Å². The predicted octanol–water partition coefficient (Wildman–Crippen LogP) is 14.3. The number of nitrogens with zero attached hydrogens (tertiary/aromatic N) is 6. The summed E-state index contributed by atoms with van der Waals surface area (Å²) in [6, 6.07) is 78.2. The first-order valence-electron chi connectivity index (χ1n) is 21.3. The van der Waals surface area contributed by atoms with Crippen molar-refractivity contribution in [3.63, 3.8) is 0 Å². The molecule has 0 spiro atoms. The van der Waals surface area contributed by atoms with Crippen LogP contribution in [0, 0.1) is 11.3 Å². The third-order valence-corrected chi connectivity index (χ3v) is 12.2. The van der Waals surface area contributed by atoms with Gasteiger partial charge in [0.1, 0.15) is 0 Å². The highest BCUT2D eigenvalue weighted by Gasteiger charge is 2.22. The van der Waals surface area contributed by atoms with Crippen molar-refractivity contribution < 1.29 is 0 Å². The standard InChI is InChI=1S/C58H36N6/c59-37-38-24-26-39(27-25-38)43-28-31-49-47-21-11-13-23-52(47)64(55(49)35-43)53-33-30-42(44-29-32-48-46-20-10-12-22-51(46)63(54(48)36-44)45-18-8-3-9-19-45)34-50(53)58-61-56(40-14-4-1-5-15-40)60-57(62-58)41-16-6-2-7-17-41/h1-36H. The van der Waals surface area contributed by atoms with Crippen LogP contribution in [0.4, 0.5) is 0 Å². The first kappa shape index (κ1) is 36.9. The number of aromatic nitrogens is 5. The van der Waals surface area contributed by atoms with Crippen molar-refractivity contribution in [2.75, 3.05) is 0 Å². The van der Waals surface area contributed by atoms with E-state index in [1.165, 1.54) is 10.8 Å². The fraction of sp³-hybridized carbons (Fsp3) is 0. The number of hydrogen-bond donors (Lipinski definition) is 0. The molecular weight excluding hydrogens is 781 g/mol. The van der Waals surface area contributed by atoms with Gasteiger partial charge in [0, 0.05) is 43.9 Å². The van der Waals surface area contributed by atoms with Crippen molar-refractivity contribution in [2.45, 2.75) is 0 Å². The second-order valence-electron chi connectivity index (χ2n) is 16.0. The maximum atomic E-state index is 9.53. The fourth-order valence-electron chi connectivity index (χ4n) is 9.17. The van der Waals surface area contributed by atoms with Gasteiger partial charge in [0.05, 0.1) is 39.4 Å². The zero-order valence-corrected chi connectivity index (χ0v) is 34.5. The summed E-state index contributed by atoms with van der Waals surface area (Å²) in [6.45, 7) is 0. The van der Waals surface area contributed by atoms with Gasteiger partial charge in [-0.25, -0.2) is 15.0 Å². The lowest BCUT2D eigenvalue weighted by Gasteiger charge is -2.17. The van der Waals surface area contributed by atoms with Gasteiger partial charge < -0.3 is 9.13 Å². The smallest absolute Gasteiger partial charge is 0.166 e. The van der Waals surface area contributed by atoms with Crippen LogP contribution in [0.5, 0.6) is 0 Å². The second-order valence-corrected chi connectivity index (χ2v) is 16.0. The van der Waals surface area contributed by atoms with Crippen LogP contribution >= 0.6 is 0 Å². The Bertz CT molecular complexity index is 3710. The van der Waals surface area contributed by atoms with E-state index < -0.39 is 0 Å². The minimum Gasteiger partial charge on any atom is -0.309 e. The molecular formula is C58H36N6. The molecule has 12 aromatic rings. The Kier molecular flexibility index (Phi) is 8.77. The largest absolute Gasteiger partial charge is 0.309 e. The highest BCUT2D eigenvalue weighted by molar-refractivity contribution is 6.12. The van der Waals surface area contributed by atoms with E-state index in [0.717, 1.165) is 83.2 Å². The van der Waals surface area contributed by atoms with Gasteiger partial charge in [-0.05, 0) is 82.9 Å². The van der Waals surface area contributed by atoms with Crippen LogP contribution in [0.15, 0.2) is 218 Å². The number of nitriles is 1. The molecule has 9 aromatic carbocycles. The highest BCUT2D eigenvalue weighted by atomic mass is 15.1. The summed E-state index contributed by atoms with van der Waals surface area (Å²) in [5, 5.41) is 14.2. The molecule has 0 amide bonds. The molecule has 12 rings (SSSR count). The minimum atomic E-state index is 0.568. The quantitative estimate of drug-likeness (QED) is 0.161. The monoisotopic (exact) mass is 816 g/mol. The molecule has 3 heterocycles. The molecule has 6 heteroatoms. The molecule has 6 nitrogen and oxygen atoms in total. The first-order chi connectivity index (χ1) is 31.7. The molecule has 298 valence electrons. The van der Waals surface area contributed by atoms with Gasteiger partial charge in [0.15, 0.2) is 17.5 Å². The lowest BCUT2D eigenvalue weighted by atomic mass is 9.99. The zero-order valence-electron chi connectivity index (χ0n) is 34.5. The van der Waals surface area contributed by atoms with E-state index in [4.69, 9.17) is 15.0 Å². The van der Waals surface area contributed by atoms with E-state index in [0.29, 0.717) is 23.0 Å². The van der Waals surface area contributed by atoms with Crippen LogP contribution in [-0.2, 0) is 0 Å². The van der Waals surface area contributed by atoms with Crippen molar-refractivity contribution in [2.24, 2.45) is 0 Å². The topological polar surface area (TPSA) is 72.3 Å². The van der Waals surface area contributed by atoms with Gasteiger partial charge in [0.25, 0.3) is 0 Å². The molecule has 3 aromatic heterocycles. The average Bonchev–Trinajstić information content (AvgIpc) is 3.89. The Labute approximate surface area is 369 Å². The van der Waals surface area contributed by atoms with Crippen LogP contribution in [0.1, 0.15) is 5.56 Å². The Morgan fingerprint density at radius 1 is 0.328 bits per heavy atom. The van der Waals surface area contributed by atoms with Crippen LogP contribution < -0.4 is 0 Å². The van der Waals surface area contributed by atoms with Crippen molar-refractivity contribution >= 4 is 43.6 Å². The number of benzene rings is 9. The molecule has 0 unspecified atom stereocenters. The number of hydrogen-bond acceptors (Lipinski definition) is 4. The van der Waals surface area contributed by atoms with Crippen LogP contribution in [0.2, 0.25) is 0 Å².